The second kappa shape index (κ2) is 2.83. The van der Waals surface area contributed by atoms with Gasteiger partial charge in [-0.25, -0.2) is 0 Å². The summed E-state index contributed by atoms with van der Waals surface area (Å²) < 4.78 is 36.0. The van der Waals surface area contributed by atoms with Crippen LogP contribution in [0.2, 0.25) is 0 Å². The monoisotopic (exact) mass is 165 g/mol. The molecule has 0 aromatic carbocycles. The van der Waals surface area contributed by atoms with Crippen LogP contribution in [0.3, 0.4) is 0 Å². The molecule has 0 fully saturated rings. The van der Waals surface area contributed by atoms with Gasteiger partial charge >= 0.3 is 6.18 Å². The van der Waals surface area contributed by atoms with Crippen molar-refractivity contribution in [3.05, 3.63) is 0 Å². The molecule has 0 amide bonds. The molecule has 64 valence electrons. The zero-order valence-electron chi connectivity index (χ0n) is 6.28. The summed E-state index contributed by atoms with van der Waals surface area (Å²) in [6.07, 6.45) is -3.35. The van der Waals surface area contributed by atoms with E-state index in [1.165, 1.54) is 0 Å². The highest BCUT2D eigenvalue weighted by Crippen LogP contribution is 2.31. The summed E-state index contributed by atoms with van der Waals surface area (Å²) in [5, 5.41) is 0. The molecule has 1 unspecified atom stereocenters. The Labute approximate surface area is 63.3 Å². The first-order valence-electron chi connectivity index (χ1n) is 3.57. The summed E-state index contributed by atoms with van der Waals surface area (Å²) in [6.45, 7) is 1.70. The predicted octanol–water partition coefficient (Wildman–Crippen LogP) is 2.42. The van der Waals surface area contributed by atoms with E-state index < -0.39 is 12.1 Å². The number of halogens is 3. The number of nitrogens with zero attached hydrogens (tertiary/aromatic N) is 1. The van der Waals surface area contributed by atoms with Crippen molar-refractivity contribution in [2.24, 2.45) is 10.9 Å². The fourth-order valence-corrected chi connectivity index (χ4v) is 1.09. The number of hydrogen-bond donors (Lipinski definition) is 0. The molecule has 1 nitrogen and oxygen atoms in total. The molecule has 1 atom stereocenters. The van der Waals surface area contributed by atoms with Gasteiger partial charge in [0.05, 0.1) is 12.5 Å². The topological polar surface area (TPSA) is 12.4 Å². The third-order valence-electron chi connectivity index (χ3n) is 1.90. The van der Waals surface area contributed by atoms with Crippen LogP contribution in [0.1, 0.15) is 19.8 Å². The zero-order chi connectivity index (χ0) is 8.48. The number of alkyl halides is 3. The lowest BCUT2D eigenvalue weighted by Gasteiger charge is -2.21. The molecule has 0 radical (unpaired) electrons. The van der Waals surface area contributed by atoms with Crippen LogP contribution in [0.5, 0.6) is 0 Å². The predicted molar refractivity (Wildman–Crippen MR) is 36.8 cm³/mol. The molecule has 1 aliphatic rings. The second-order valence-electron chi connectivity index (χ2n) is 2.85. The van der Waals surface area contributed by atoms with Gasteiger partial charge in [-0.05, 0) is 19.8 Å². The molecule has 1 rings (SSSR count). The lowest BCUT2D eigenvalue weighted by atomic mass is 9.98. The van der Waals surface area contributed by atoms with Gasteiger partial charge in [0.1, 0.15) is 0 Å². The summed E-state index contributed by atoms with van der Waals surface area (Å²) in [4.78, 5) is 3.77. The lowest BCUT2D eigenvalue weighted by Crippen LogP contribution is -2.28. The standard InChI is InChI=1S/C7H10F3N/c1-5-2-3-6(4-11-5)7(8,9)10/h6H,2-4H2,1H3. The van der Waals surface area contributed by atoms with E-state index in [1.807, 2.05) is 0 Å². The second-order valence-corrected chi connectivity index (χ2v) is 2.85. The highest BCUT2D eigenvalue weighted by molar-refractivity contribution is 5.82. The van der Waals surface area contributed by atoms with Crippen LogP contribution in [-0.2, 0) is 0 Å². The van der Waals surface area contributed by atoms with Gasteiger partial charge in [-0.2, -0.15) is 13.2 Å². The molecular formula is C7H10F3N. The van der Waals surface area contributed by atoms with Crippen molar-refractivity contribution in [1.82, 2.24) is 0 Å². The number of aliphatic imine (C=N–C) groups is 1. The van der Waals surface area contributed by atoms with Crippen LogP contribution >= 0.6 is 0 Å². The minimum Gasteiger partial charge on any atom is -0.294 e. The summed E-state index contributed by atoms with van der Waals surface area (Å²) in [5.41, 5.74) is 0.838. The van der Waals surface area contributed by atoms with Crippen LogP contribution in [0.25, 0.3) is 0 Å². The van der Waals surface area contributed by atoms with Crippen molar-refractivity contribution in [1.29, 1.82) is 0 Å². The first-order valence-corrected chi connectivity index (χ1v) is 3.57. The molecule has 0 aliphatic carbocycles. The van der Waals surface area contributed by atoms with Crippen molar-refractivity contribution < 1.29 is 13.2 Å². The highest BCUT2D eigenvalue weighted by atomic mass is 19.4. The van der Waals surface area contributed by atoms with Gasteiger partial charge < -0.3 is 0 Å². The Hall–Kier alpha value is -0.540. The van der Waals surface area contributed by atoms with Gasteiger partial charge in [0.15, 0.2) is 0 Å². The summed E-state index contributed by atoms with van der Waals surface area (Å²) in [6, 6.07) is 0. The van der Waals surface area contributed by atoms with Crippen LogP contribution in [0.4, 0.5) is 13.2 Å². The molecule has 11 heavy (non-hydrogen) atoms. The van der Waals surface area contributed by atoms with E-state index in [0.29, 0.717) is 6.42 Å². The van der Waals surface area contributed by atoms with E-state index in [1.54, 1.807) is 6.92 Å². The largest absolute Gasteiger partial charge is 0.393 e. The normalized spacial score (nSPS) is 26.5. The first-order chi connectivity index (χ1) is 5.00. The SMILES string of the molecule is CC1=NCC(C(F)(F)F)CC1. The Balaban J connectivity index is 2.54. The van der Waals surface area contributed by atoms with Crippen molar-refractivity contribution in [3.63, 3.8) is 0 Å². The minimum atomic E-state index is -4.05. The maximum Gasteiger partial charge on any atom is 0.393 e. The molecular weight excluding hydrogens is 155 g/mol. The van der Waals surface area contributed by atoms with E-state index >= 15 is 0 Å². The molecule has 0 saturated heterocycles. The van der Waals surface area contributed by atoms with Gasteiger partial charge in [-0.15, -0.1) is 0 Å². The first kappa shape index (κ1) is 8.56. The molecule has 1 aliphatic heterocycles. The third-order valence-corrected chi connectivity index (χ3v) is 1.90. The number of rotatable bonds is 0. The quantitative estimate of drug-likeness (QED) is 0.522. The van der Waals surface area contributed by atoms with Gasteiger partial charge in [-0.3, -0.25) is 4.99 Å². The highest BCUT2D eigenvalue weighted by Gasteiger charge is 2.39. The lowest BCUT2D eigenvalue weighted by molar-refractivity contribution is -0.173. The average molecular weight is 165 g/mol. The van der Waals surface area contributed by atoms with Crippen molar-refractivity contribution in [2.45, 2.75) is 25.9 Å². The molecule has 1 heterocycles. The Morgan fingerprint density at radius 1 is 1.45 bits per heavy atom. The summed E-state index contributed by atoms with van der Waals surface area (Å²) >= 11 is 0. The third kappa shape index (κ3) is 2.20. The summed E-state index contributed by atoms with van der Waals surface area (Å²) in [7, 11) is 0. The molecule has 0 saturated carbocycles. The maximum absolute atomic E-state index is 12.0. The van der Waals surface area contributed by atoms with E-state index in [0.717, 1.165) is 5.71 Å². The Kier molecular flexibility index (Phi) is 2.20. The van der Waals surface area contributed by atoms with Crippen LogP contribution < -0.4 is 0 Å². The van der Waals surface area contributed by atoms with E-state index in [2.05, 4.69) is 4.99 Å². The molecule has 0 spiro atoms. The number of hydrogen-bond acceptors (Lipinski definition) is 1. The van der Waals surface area contributed by atoms with Gasteiger partial charge in [0.25, 0.3) is 0 Å². The van der Waals surface area contributed by atoms with Crippen molar-refractivity contribution in [3.8, 4) is 0 Å². The van der Waals surface area contributed by atoms with E-state index in [9.17, 15) is 13.2 Å². The fraction of sp³-hybridized carbons (Fsp3) is 0.857. The zero-order valence-corrected chi connectivity index (χ0v) is 6.28. The van der Waals surface area contributed by atoms with Crippen LogP contribution in [0, 0.1) is 5.92 Å². The molecule has 0 aromatic heterocycles. The van der Waals surface area contributed by atoms with E-state index in [-0.39, 0.29) is 13.0 Å². The van der Waals surface area contributed by atoms with Gasteiger partial charge in [-0.1, -0.05) is 0 Å². The fourth-order valence-electron chi connectivity index (χ4n) is 1.09. The Morgan fingerprint density at radius 2 is 2.09 bits per heavy atom. The van der Waals surface area contributed by atoms with Crippen molar-refractivity contribution in [2.75, 3.05) is 6.54 Å². The molecule has 0 aromatic rings. The van der Waals surface area contributed by atoms with E-state index in [4.69, 9.17) is 0 Å². The summed E-state index contributed by atoms with van der Waals surface area (Å²) in [5.74, 6) is -1.20. The van der Waals surface area contributed by atoms with Crippen molar-refractivity contribution >= 4 is 5.71 Å². The van der Waals surface area contributed by atoms with Gasteiger partial charge in [0, 0.05) is 5.71 Å². The molecule has 0 N–H and O–H groups in total. The maximum atomic E-state index is 12.0. The molecule has 0 bridgehead atoms. The Bertz CT molecular complexity index is 171. The van der Waals surface area contributed by atoms with Gasteiger partial charge in [0.2, 0.25) is 0 Å². The van der Waals surface area contributed by atoms with Crippen LogP contribution in [0.15, 0.2) is 4.99 Å². The minimum absolute atomic E-state index is 0.0741. The van der Waals surface area contributed by atoms with Crippen LogP contribution in [-0.4, -0.2) is 18.4 Å². The Morgan fingerprint density at radius 3 is 2.45 bits per heavy atom. The average Bonchev–Trinajstić information content (AvgIpc) is 1.86. The molecule has 4 heteroatoms. The smallest absolute Gasteiger partial charge is 0.294 e.